The summed E-state index contributed by atoms with van der Waals surface area (Å²) in [5.41, 5.74) is -1.12. The van der Waals surface area contributed by atoms with Crippen LogP contribution < -0.4 is 4.72 Å². The molecule has 1 aromatic carbocycles. The average molecular weight is 296 g/mol. The molecule has 1 rings (SSSR count). The molecule has 1 aromatic rings. The van der Waals surface area contributed by atoms with E-state index in [1.165, 1.54) is 38.3 Å². The van der Waals surface area contributed by atoms with E-state index >= 15 is 0 Å². The Morgan fingerprint density at radius 2 is 2.15 bits per heavy atom. The van der Waals surface area contributed by atoms with Crippen LogP contribution in [0, 0.1) is 11.3 Å². The lowest BCUT2D eigenvalue weighted by molar-refractivity contribution is -0.147. The predicted octanol–water partition coefficient (Wildman–Crippen LogP) is 1.18. The summed E-state index contributed by atoms with van der Waals surface area (Å²) in [5, 5.41) is 8.79. The van der Waals surface area contributed by atoms with E-state index in [1.54, 1.807) is 6.92 Å². The summed E-state index contributed by atoms with van der Waals surface area (Å²) in [5.74, 6) is -0.667. The van der Waals surface area contributed by atoms with Gasteiger partial charge >= 0.3 is 5.97 Å². The van der Waals surface area contributed by atoms with Crippen molar-refractivity contribution in [3.05, 3.63) is 29.8 Å². The Bertz CT molecular complexity index is 649. The SMILES string of the molecule is CCC(C)(NS(=O)(=O)c1cccc(C#N)c1)C(=O)OC. The second-order valence-electron chi connectivity index (χ2n) is 4.42. The van der Waals surface area contributed by atoms with Gasteiger partial charge in [0.25, 0.3) is 0 Å². The Balaban J connectivity index is 3.17. The molecule has 108 valence electrons. The van der Waals surface area contributed by atoms with E-state index in [1.807, 2.05) is 6.07 Å². The smallest absolute Gasteiger partial charge is 0.326 e. The van der Waals surface area contributed by atoms with Crippen molar-refractivity contribution in [2.45, 2.75) is 30.7 Å². The van der Waals surface area contributed by atoms with Crippen LogP contribution in [0.1, 0.15) is 25.8 Å². The van der Waals surface area contributed by atoms with E-state index < -0.39 is 21.5 Å². The number of nitriles is 1. The maximum Gasteiger partial charge on any atom is 0.326 e. The Morgan fingerprint density at radius 3 is 2.65 bits per heavy atom. The average Bonchev–Trinajstić information content (AvgIpc) is 2.45. The molecule has 0 saturated heterocycles. The van der Waals surface area contributed by atoms with E-state index in [0.717, 1.165) is 0 Å². The lowest BCUT2D eigenvalue weighted by Crippen LogP contribution is -2.52. The fourth-order valence-electron chi connectivity index (χ4n) is 1.57. The van der Waals surface area contributed by atoms with Crippen molar-refractivity contribution in [2.75, 3.05) is 7.11 Å². The first-order chi connectivity index (χ1) is 9.29. The molecule has 0 amide bonds. The first-order valence-corrected chi connectivity index (χ1v) is 7.40. The number of rotatable bonds is 5. The summed E-state index contributed by atoms with van der Waals surface area (Å²) in [7, 11) is -2.72. The molecule has 0 fully saturated rings. The van der Waals surface area contributed by atoms with Crippen molar-refractivity contribution in [1.29, 1.82) is 5.26 Å². The van der Waals surface area contributed by atoms with Gasteiger partial charge in [0.05, 0.1) is 23.6 Å². The lowest BCUT2D eigenvalue weighted by Gasteiger charge is -2.26. The minimum Gasteiger partial charge on any atom is -0.468 e. The maximum absolute atomic E-state index is 12.3. The van der Waals surface area contributed by atoms with Crippen molar-refractivity contribution in [3.63, 3.8) is 0 Å². The highest BCUT2D eigenvalue weighted by Crippen LogP contribution is 2.18. The number of sulfonamides is 1. The van der Waals surface area contributed by atoms with Gasteiger partial charge in [-0.2, -0.15) is 9.98 Å². The first kappa shape index (κ1) is 16.1. The van der Waals surface area contributed by atoms with Crippen LogP contribution in [-0.4, -0.2) is 27.0 Å². The first-order valence-electron chi connectivity index (χ1n) is 5.91. The number of benzene rings is 1. The van der Waals surface area contributed by atoms with Crippen LogP contribution in [0.5, 0.6) is 0 Å². The summed E-state index contributed by atoms with van der Waals surface area (Å²) >= 11 is 0. The quantitative estimate of drug-likeness (QED) is 0.823. The molecule has 20 heavy (non-hydrogen) atoms. The molecule has 6 nitrogen and oxygen atoms in total. The second-order valence-corrected chi connectivity index (χ2v) is 6.10. The van der Waals surface area contributed by atoms with Crippen LogP contribution in [0.4, 0.5) is 0 Å². The van der Waals surface area contributed by atoms with Crippen molar-refractivity contribution in [1.82, 2.24) is 4.72 Å². The standard InChI is InChI=1S/C13H16N2O4S/c1-4-13(2,12(16)19-3)15-20(17,18)11-7-5-6-10(8-11)9-14/h5-8,15H,4H2,1-3H3. The lowest BCUT2D eigenvalue weighted by atomic mass is 10.0. The monoisotopic (exact) mass is 296 g/mol. The molecule has 1 N–H and O–H groups in total. The number of hydrogen-bond acceptors (Lipinski definition) is 5. The molecule has 0 heterocycles. The van der Waals surface area contributed by atoms with Gasteiger partial charge in [0, 0.05) is 0 Å². The van der Waals surface area contributed by atoms with Crippen molar-refractivity contribution in [2.24, 2.45) is 0 Å². The Morgan fingerprint density at radius 1 is 1.50 bits per heavy atom. The van der Waals surface area contributed by atoms with Gasteiger partial charge in [-0.05, 0) is 31.5 Å². The van der Waals surface area contributed by atoms with E-state index in [2.05, 4.69) is 9.46 Å². The van der Waals surface area contributed by atoms with Gasteiger partial charge in [-0.1, -0.05) is 13.0 Å². The largest absolute Gasteiger partial charge is 0.468 e. The number of ether oxygens (including phenoxy) is 1. The molecule has 0 bridgehead atoms. The van der Waals surface area contributed by atoms with Crippen molar-refractivity contribution < 1.29 is 17.9 Å². The maximum atomic E-state index is 12.3. The van der Waals surface area contributed by atoms with Gasteiger partial charge in [-0.3, -0.25) is 4.79 Å². The molecule has 0 aromatic heterocycles. The van der Waals surface area contributed by atoms with Crippen LogP contribution in [0.2, 0.25) is 0 Å². The van der Waals surface area contributed by atoms with Gasteiger partial charge < -0.3 is 4.74 Å². The van der Waals surface area contributed by atoms with E-state index in [0.29, 0.717) is 0 Å². The van der Waals surface area contributed by atoms with Crippen molar-refractivity contribution in [3.8, 4) is 6.07 Å². The van der Waals surface area contributed by atoms with Gasteiger partial charge in [0.2, 0.25) is 10.0 Å². The number of nitrogens with one attached hydrogen (secondary N) is 1. The second kappa shape index (κ2) is 6.03. The van der Waals surface area contributed by atoms with Crippen LogP contribution in [0.3, 0.4) is 0 Å². The third kappa shape index (κ3) is 3.35. The summed E-state index contributed by atoms with van der Waals surface area (Å²) < 4.78 is 31.5. The summed E-state index contributed by atoms with van der Waals surface area (Å²) in [4.78, 5) is 11.6. The molecular weight excluding hydrogens is 280 g/mol. The number of nitrogens with zero attached hydrogens (tertiary/aromatic N) is 1. The van der Waals surface area contributed by atoms with E-state index in [9.17, 15) is 13.2 Å². The molecular formula is C13H16N2O4S. The highest BCUT2D eigenvalue weighted by Gasteiger charge is 2.37. The highest BCUT2D eigenvalue weighted by atomic mass is 32.2. The Labute approximate surface area is 118 Å². The fourth-order valence-corrected chi connectivity index (χ4v) is 3.05. The van der Waals surface area contributed by atoms with E-state index in [4.69, 9.17) is 5.26 Å². The predicted molar refractivity (Wildman–Crippen MR) is 72.2 cm³/mol. The zero-order valence-electron chi connectivity index (χ0n) is 11.5. The minimum absolute atomic E-state index is 0.0693. The molecule has 1 unspecified atom stereocenters. The van der Waals surface area contributed by atoms with Crippen LogP contribution in [0.15, 0.2) is 29.2 Å². The van der Waals surface area contributed by atoms with Gasteiger partial charge in [-0.15, -0.1) is 0 Å². The van der Waals surface area contributed by atoms with Gasteiger partial charge in [0.1, 0.15) is 5.54 Å². The van der Waals surface area contributed by atoms with Gasteiger partial charge in [0.15, 0.2) is 0 Å². The molecule has 0 aliphatic rings. The molecule has 0 saturated carbocycles. The molecule has 0 radical (unpaired) electrons. The summed E-state index contributed by atoms with van der Waals surface area (Å²) in [6, 6.07) is 7.43. The fraction of sp³-hybridized carbons (Fsp3) is 0.385. The molecule has 1 atom stereocenters. The summed E-state index contributed by atoms with van der Waals surface area (Å²) in [6.45, 7) is 3.12. The van der Waals surface area contributed by atoms with Gasteiger partial charge in [-0.25, -0.2) is 8.42 Å². The third-order valence-electron chi connectivity index (χ3n) is 2.98. The number of carbonyl (C=O) groups is 1. The molecule has 0 spiro atoms. The van der Waals surface area contributed by atoms with Crippen LogP contribution >= 0.6 is 0 Å². The van der Waals surface area contributed by atoms with E-state index in [-0.39, 0.29) is 16.9 Å². The highest BCUT2D eigenvalue weighted by molar-refractivity contribution is 7.89. The zero-order chi connectivity index (χ0) is 15.4. The minimum atomic E-state index is -3.92. The number of hydrogen-bond donors (Lipinski definition) is 1. The molecule has 7 heteroatoms. The number of esters is 1. The Hall–Kier alpha value is -1.91. The number of carbonyl (C=O) groups excluding carboxylic acids is 1. The van der Waals surface area contributed by atoms with Crippen molar-refractivity contribution >= 4 is 16.0 Å². The van der Waals surface area contributed by atoms with Crippen LogP contribution in [-0.2, 0) is 19.6 Å². The van der Waals surface area contributed by atoms with Crippen LogP contribution in [0.25, 0.3) is 0 Å². The Kier molecular flexibility index (Phi) is 4.87. The molecule has 0 aliphatic heterocycles. The third-order valence-corrected chi connectivity index (χ3v) is 4.57. The number of methoxy groups -OCH3 is 1. The topological polar surface area (TPSA) is 96.3 Å². The molecule has 0 aliphatic carbocycles. The zero-order valence-corrected chi connectivity index (χ0v) is 12.3. The summed E-state index contributed by atoms with van der Waals surface area (Å²) in [6.07, 6.45) is 0.233. The normalized spacial score (nSPS) is 14.1.